The second kappa shape index (κ2) is 5.45. The van der Waals surface area contributed by atoms with Gasteiger partial charge in [-0.2, -0.15) is 5.10 Å². The maximum atomic E-state index is 5.00. The van der Waals surface area contributed by atoms with Gasteiger partial charge in [-0.3, -0.25) is 4.68 Å². The lowest BCUT2D eigenvalue weighted by Crippen LogP contribution is -2.04. The van der Waals surface area contributed by atoms with Crippen LogP contribution in [0.5, 0.6) is 0 Å². The molecule has 1 N–H and O–H groups in total. The van der Waals surface area contributed by atoms with Crippen LogP contribution in [0.25, 0.3) is 0 Å². The van der Waals surface area contributed by atoms with E-state index in [0.29, 0.717) is 6.61 Å². The molecule has 0 fully saturated rings. The number of rotatable bonds is 5. The molecule has 0 saturated heterocycles. The van der Waals surface area contributed by atoms with E-state index in [2.05, 4.69) is 15.4 Å². The molecule has 0 spiro atoms. The number of methoxy groups -OCH3 is 1. The van der Waals surface area contributed by atoms with Crippen LogP contribution in [0.2, 0.25) is 0 Å². The number of hydrogen-bond acceptors (Lipinski definition) is 4. The Kier molecular flexibility index (Phi) is 3.72. The standard InChI is InChI=1S/C12H16N4O/c1-10-4-3-5-13-12(10)15-11-8-14-16(9-11)6-7-17-2/h3-5,8-9H,6-7H2,1-2H3,(H,13,15). The van der Waals surface area contributed by atoms with Gasteiger partial charge in [-0.25, -0.2) is 4.98 Å². The van der Waals surface area contributed by atoms with Gasteiger partial charge in [0.15, 0.2) is 0 Å². The zero-order valence-corrected chi connectivity index (χ0v) is 10.1. The van der Waals surface area contributed by atoms with Crippen LogP contribution in [0, 0.1) is 6.92 Å². The summed E-state index contributed by atoms with van der Waals surface area (Å²) in [6.45, 7) is 3.42. The minimum atomic E-state index is 0.656. The van der Waals surface area contributed by atoms with Gasteiger partial charge >= 0.3 is 0 Å². The van der Waals surface area contributed by atoms with E-state index >= 15 is 0 Å². The molecular formula is C12H16N4O. The topological polar surface area (TPSA) is 52.0 Å². The molecule has 0 aliphatic rings. The summed E-state index contributed by atoms with van der Waals surface area (Å²) in [4.78, 5) is 4.27. The molecule has 0 bridgehead atoms. The van der Waals surface area contributed by atoms with Crippen LogP contribution in [0.1, 0.15) is 5.56 Å². The van der Waals surface area contributed by atoms with Crippen LogP contribution in [0.4, 0.5) is 11.5 Å². The zero-order chi connectivity index (χ0) is 12.1. The summed E-state index contributed by atoms with van der Waals surface area (Å²) in [5.41, 5.74) is 2.04. The van der Waals surface area contributed by atoms with Crippen molar-refractivity contribution < 1.29 is 4.74 Å². The van der Waals surface area contributed by atoms with Gasteiger partial charge in [-0.05, 0) is 18.6 Å². The van der Waals surface area contributed by atoms with Crippen molar-refractivity contribution in [2.24, 2.45) is 0 Å². The number of nitrogens with one attached hydrogen (secondary N) is 1. The first-order valence-electron chi connectivity index (χ1n) is 5.49. The Morgan fingerprint density at radius 2 is 2.35 bits per heavy atom. The number of nitrogens with zero attached hydrogens (tertiary/aromatic N) is 3. The van der Waals surface area contributed by atoms with Crippen LogP contribution in [-0.2, 0) is 11.3 Å². The van der Waals surface area contributed by atoms with Gasteiger partial charge in [-0.1, -0.05) is 6.07 Å². The maximum absolute atomic E-state index is 5.00. The predicted octanol–water partition coefficient (Wildman–Crippen LogP) is 1.98. The largest absolute Gasteiger partial charge is 0.383 e. The number of aryl methyl sites for hydroxylation is 1. The van der Waals surface area contributed by atoms with Crippen LogP contribution < -0.4 is 5.32 Å². The van der Waals surface area contributed by atoms with E-state index < -0.39 is 0 Å². The predicted molar refractivity (Wildman–Crippen MR) is 66.4 cm³/mol. The van der Waals surface area contributed by atoms with Gasteiger partial charge in [0.25, 0.3) is 0 Å². The minimum absolute atomic E-state index is 0.656. The van der Waals surface area contributed by atoms with Crippen molar-refractivity contribution in [2.75, 3.05) is 19.0 Å². The quantitative estimate of drug-likeness (QED) is 0.856. The highest BCUT2D eigenvalue weighted by Crippen LogP contribution is 2.16. The van der Waals surface area contributed by atoms with Crippen molar-refractivity contribution >= 4 is 11.5 Å². The van der Waals surface area contributed by atoms with Gasteiger partial charge in [-0.15, -0.1) is 0 Å². The Morgan fingerprint density at radius 1 is 1.47 bits per heavy atom. The van der Waals surface area contributed by atoms with E-state index in [4.69, 9.17) is 4.74 Å². The highest BCUT2D eigenvalue weighted by molar-refractivity contribution is 5.57. The van der Waals surface area contributed by atoms with Crippen molar-refractivity contribution in [3.05, 3.63) is 36.3 Å². The molecular weight excluding hydrogens is 216 g/mol. The molecule has 17 heavy (non-hydrogen) atoms. The first-order valence-corrected chi connectivity index (χ1v) is 5.49. The van der Waals surface area contributed by atoms with Gasteiger partial charge in [0.05, 0.1) is 25.0 Å². The summed E-state index contributed by atoms with van der Waals surface area (Å²) < 4.78 is 6.84. The Hall–Kier alpha value is -1.88. The molecule has 0 atom stereocenters. The second-order valence-corrected chi connectivity index (χ2v) is 3.78. The van der Waals surface area contributed by atoms with E-state index in [-0.39, 0.29) is 0 Å². The molecule has 0 aliphatic carbocycles. The molecule has 2 heterocycles. The van der Waals surface area contributed by atoms with Gasteiger partial charge in [0.2, 0.25) is 0 Å². The third-order valence-electron chi connectivity index (χ3n) is 2.43. The van der Waals surface area contributed by atoms with Crippen LogP contribution in [-0.4, -0.2) is 28.5 Å². The molecule has 90 valence electrons. The fourth-order valence-electron chi connectivity index (χ4n) is 1.49. The van der Waals surface area contributed by atoms with E-state index in [0.717, 1.165) is 23.6 Å². The van der Waals surface area contributed by atoms with E-state index in [1.54, 1.807) is 19.5 Å². The number of anilines is 2. The average Bonchev–Trinajstić information content (AvgIpc) is 2.77. The molecule has 0 unspecified atom stereocenters. The molecule has 0 amide bonds. The van der Waals surface area contributed by atoms with Crippen LogP contribution in [0.3, 0.4) is 0 Å². The lowest BCUT2D eigenvalue weighted by molar-refractivity contribution is 0.183. The zero-order valence-electron chi connectivity index (χ0n) is 10.1. The van der Waals surface area contributed by atoms with Crippen molar-refractivity contribution in [2.45, 2.75) is 13.5 Å². The first kappa shape index (κ1) is 11.6. The fourth-order valence-corrected chi connectivity index (χ4v) is 1.49. The Balaban J connectivity index is 2.04. The normalized spacial score (nSPS) is 10.5. The Morgan fingerprint density at radius 3 is 3.12 bits per heavy atom. The number of pyridine rings is 1. The van der Waals surface area contributed by atoms with Gasteiger partial charge < -0.3 is 10.1 Å². The third-order valence-corrected chi connectivity index (χ3v) is 2.43. The summed E-state index contributed by atoms with van der Waals surface area (Å²) >= 11 is 0. The monoisotopic (exact) mass is 232 g/mol. The molecule has 0 radical (unpaired) electrons. The Bertz CT molecular complexity index is 481. The summed E-state index contributed by atoms with van der Waals surface area (Å²) in [6.07, 6.45) is 5.49. The lowest BCUT2D eigenvalue weighted by Gasteiger charge is -2.04. The smallest absolute Gasteiger partial charge is 0.133 e. The average molecular weight is 232 g/mol. The lowest BCUT2D eigenvalue weighted by atomic mass is 10.3. The SMILES string of the molecule is COCCn1cc(Nc2ncccc2C)cn1. The molecule has 0 aliphatic heterocycles. The molecule has 2 aromatic rings. The summed E-state index contributed by atoms with van der Waals surface area (Å²) in [5, 5.41) is 7.46. The number of aromatic nitrogens is 3. The van der Waals surface area contributed by atoms with Crippen molar-refractivity contribution in [3.8, 4) is 0 Å². The van der Waals surface area contributed by atoms with Crippen LogP contribution in [0.15, 0.2) is 30.7 Å². The number of hydrogen-bond donors (Lipinski definition) is 1. The second-order valence-electron chi connectivity index (χ2n) is 3.78. The Labute approximate surface area is 100 Å². The summed E-state index contributed by atoms with van der Waals surface area (Å²) in [5.74, 6) is 0.860. The van der Waals surface area contributed by atoms with E-state index in [9.17, 15) is 0 Å². The first-order chi connectivity index (χ1) is 8.29. The van der Waals surface area contributed by atoms with E-state index in [1.165, 1.54) is 0 Å². The molecule has 0 aromatic carbocycles. The van der Waals surface area contributed by atoms with E-state index in [1.807, 2.05) is 29.9 Å². The molecule has 2 rings (SSSR count). The molecule has 5 heteroatoms. The summed E-state index contributed by atoms with van der Waals surface area (Å²) in [7, 11) is 1.68. The maximum Gasteiger partial charge on any atom is 0.133 e. The fraction of sp³-hybridized carbons (Fsp3) is 0.333. The molecule has 0 saturated carbocycles. The molecule has 5 nitrogen and oxygen atoms in total. The highest BCUT2D eigenvalue weighted by Gasteiger charge is 2.01. The van der Waals surface area contributed by atoms with Crippen molar-refractivity contribution in [1.82, 2.24) is 14.8 Å². The van der Waals surface area contributed by atoms with Crippen molar-refractivity contribution in [1.29, 1.82) is 0 Å². The highest BCUT2D eigenvalue weighted by atomic mass is 16.5. The minimum Gasteiger partial charge on any atom is -0.383 e. The van der Waals surface area contributed by atoms with Crippen molar-refractivity contribution in [3.63, 3.8) is 0 Å². The van der Waals surface area contributed by atoms with Gasteiger partial charge in [0, 0.05) is 19.5 Å². The third kappa shape index (κ3) is 3.04. The van der Waals surface area contributed by atoms with Crippen LogP contribution >= 0.6 is 0 Å². The van der Waals surface area contributed by atoms with Gasteiger partial charge in [0.1, 0.15) is 5.82 Å². The number of ether oxygens (including phenoxy) is 1. The summed E-state index contributed by atoms with van der Waals surface area (Å²) in [6, 6.07) is 3.94. The molecule has 2 aromatic heterocycles.